The molecule has 2 fully saturated rings. The third-order valence-electron chi connectivity index (χ3n) is 7.13. The number of rotatable bonds is 8. The fraction of sp³-hybridized carbons (Fsp3) is 0.276. The minimum Gasteiger partial charge on any atom is -0.454 e. The third-order valence-corrected chi connectivity index (χ3v) is 7.94. The number of aromatic nitrogens is 3. The molecule has 9 nitrogen and oxygen atoms in total. The Kier molecular flexibility index (Phi) is 7.38. The summed E-state index contributed by atoms with van der Waals surface area (Å²) < 4.78 is 6.07. The predicted octanol–water partition coefficient (Wildman–Crippen LogP) is 5.37. The highest BCUT2D eigenvalue weighted by atomic mass is 32.2. The van der Waals surface area contributed by atoms with Gasteiger partial charge in [-0.15, -0.1) is 0 Å². The van der Waals surface area contributed by atoms with Crippen molar-refractivity contribution in [3.63, 3.8) is 0 Å². The first kappa shape index (κ1) is 25.3. The molecule has 1 aliphatic carbocycles. The quantitative estimate of drug-likeness (QED) is 0.253. The van der Waals surface area contributed by atoms with Crippen LogP contribution in [0, 0.1) is 5.92 Å². The van der Waals surface area contributed by atoms with E-state index in [2.05, 4.69) is 49.1 Å². The van der Waals surface area contributed by atoms with Crippen LogP contribution < -0.4 is 16.0 Å². The summed E-state index contributed by atoms with van der Waals surface area (Å²) in [6.07, 6.45) is 9.48. The summed E-state index contributed by atoms with van der Waals surface area (Å²) in [5, 5.41) is 10.0. The number of pyridine rings is 1. The Morgan fingerprint density at radius 3 is 2.72 bits per heavy atom. The summed E-state index contributed by atoms with van der Waals surface area (Å²) >= 11 is 0.880. The molecule has 0 atom stereocenters. The number of nitrogens with one attached hydrogen (secondary N) is 3. The Morgan fingerprint density at radius 1 is 1.03 bits per heavy atom. The molecule has 4 aromatic rings. The van der Waals surface area contributed by atoms with Gasteiger partial charge in [0.2, 0.25) is 5.95 Å². The highest BCUT2D eigenvalue weighted by Crippen LogP contribution is 2.30. The molecule has 6 rings (SSSR count). The molecular formula is C29H28N6O3S. The molecule has 0 unspecified atom stereocenters. The average molecular weight is 541 g/mol. The van der Waals surface area contributed by atoms with Crippen molar-refractivity contribution in [3.05, 3.63) is 77.1 Å². The second-order valence-electron chi connectivity index (χ2n) is 9.80. The molecule has 0 radical (unpaired) electrons. The van der Waals surface area contributed by atoms with Gasteiger partial charge < -0.3 is 15.1 Å². The first-order valence-electron chi connectivity index (χ1n) is 13.1. The van der Waals surface area contributed by atoms with Crippen LogP contribution in [0.1, 0.15) is 36.9 Å². The van der Waals surface area contributed by atoms with Crippen molar-refractivity contribution in [2.24, 2.45) is 5.92 Å². The van der Waals surface area contributed by atoms with Crippen molar-refractivity contribution in [2.45, 2.75) is 38.3 Å². The summed E-state index contributed by atoms with van der Waals surface area (Å²) in [5.74, 6) is 1.46. The zero-order chi connectivity index (χ0) is 26.6. The zero-order valence-corrected chi connectivity index (χ0v) is 22.0. The third kappa shape index (κ3) is 6.02. The maximum Gasteiger partial charge on any atom is 0.290 e. The van der Waals surface area contributed by atoms with Gasteiger partial charge in [0.15, 0.2) is 5.76 Å². The molecule has 0 spiro atoms. The van der Waals surface area contributed by atoms with Crippen LogP contribution in [0.2, 0.25) is 0 Å². The van der Waals surface area contributed by atoms with E-state index in [4.69, 9.17) is 4.42 Å². The lowest BCUT2D eigenvalue weighted by Gasteiger charge is -2.29. The molecule has 0 bridgehead atoms. The van der Waals surface area contributed by atoms with Crippen molar-refractivity contribution >= 4 is 45.9 Å². The Bertz CT molecular complexity index is 1510. The molecule has 1 aliphatic heterocycles. The van der Waals surface area contributed by atoms with Gasteiger partial charge in [-0.3, -0.25) is 19.9 Å². The van der Waals surface area contributed by atoms with E-state index in [1.54, 1.807) is 18.3 Å². The van der Waals surface area contributed by atoms with Gasteiger partial charge >= 0.3 is 0 Å². The van der Waals surface area contributed by atoms with Crippen LogP contribution in [0.4, 0.5) is 10.7 Å². The molecule has 3 N–H and O–H groups in total. The minimum atomic E-state index is -0.391. The fourth-order valence-electron chi connectivity index (χ4n) is 5.06. The first-order chi connectivity index (χ1) is 19.1. The van der Waals surface area contributed by atoms with Crippen molar-refractivity contribution in [1.29, 1.82) is 0 Å². The normalized spacial score (nSPS) is 20.5. The maximum absolute atomic E-state index is 11.8. The zero-order valence-electron chi connectivity index (χ0n) is 21.2. The average Bonchev–Trinajstić information content (AvgIpc) is 3.53. The summed E-state index contributed by atoms with van der Waals surface area (Å²) in [6.45, 7) is 1.53. The molecule has 39 heavy (non-hydrogen) atoms. The Morgan fingerprint density at radius 2 is 1.90 bits per heavy atom. The largest absolute Gasteiger partial charge is 0.454 e. The fourth-order valence-corrected chi connectivity index (χ4v) is 5.72. The summed E-state index contributed by atoms with van der Waals surface area (Å²) in [6, 6.07) is 16.3. The summed E-state index contributed by atoms with van der Waals surface area (Å²) in [5.41, 5.74) is 3.47. The maximum atomic E-state index is 11.8. The Labute approximate surface area is 229 Å². The van der Waals surface area contributed by atoms with Gasteiger partial charge in [0.25, 0.3) is 11.1 Å². The molecule has 4 heterocycles. The predicted molar refractivity (Wildman–Crippen MR) is 152 cm³/mol. The molecule has 1 aromatic carbocycles. The number of benzene rings is 1. The number of amides is 2. The number of anilines is 1. The topological polar surface area (TPSA) is 122 Å². The van der Waals surface area contributed by atoms with Crippen molar-refractivity contribution < 1.29 is 14.0 Å². The smallest absolute Gasteiger partial charge is 0.290 e. The van der Waals surface area contributed by atoms with Crippen molar-refractivity contribution in [1.82, 2.24) is 25.6 Å². The minimum absolute atomic E-state index is 0.339. The number of hydrogen-bond donors (Lipinski definition) is 3. The van der Waals surface area contributed by atoms with Crippen LogP contribution in [0.15, 0.2) is 70.2 Å². The van der Waals surface area contributed by atoms with Crippen LogP contribution >= 0.6 is 11.8 Å². The molecule has 1 saturated heterocycles. The number of thioether (sulfide) groups is 1. The van der Waals surface area contributed by atoms with E-state index in [-0.39, 0.29) is 5.24 Å². The van der Waals surface area contributed by atoms with Crippen LogP contribution in [-0.2, 0) is 11.3 Å². The molecule has 3 aromatic heterocycles. The van der Waals surface area contributed by atoms with Crippen LogP contribution in [-0.4, -0.2) is 38.7 Å². The van der Waals surface area contributed by atoms with Crippen molar-refractivity contribution in [3.8, 4) is 11.5 Å². The SMILES string of the molecule is O=C1NC(=O)/C(=C/c2ccnc(NCC3CCC(NCc4cccnc4-c4cc5ccccc5o4)CC3)n2)S1. The van der Waals surface area contributed by atoms with E-state index >= 15 is 0 Å². The standard InChI is InChI=1S/C29H28N6O3S/c36-27-25(39-29(37)35-27)15-22-11-13-31-28(34-22)33-16-18-7-9-21(10-8-18)32-17-20-5-3-12-30-26(20)24-14-19-4-1-2-6-23(19)38-24/h1-6,11-15,18,21,32H,7-10,16-17H2,(H,31,33,34)(H,35,36,37)/b25-15-. The van der Waals surface area contributed by atoms with E-state index in [9.17, 15) is 9.59 Å². The monoisotopic (exact) mass is 540 g/mol. The Balaban J connectivity index is 0.998. The second kappa shape index (κ2) is 11.4. The molecule has 198 valence electrons. The molecule has 2 amide bonds. The molecule has 2 aliphatic rings. The number of para-hydroxylation sites is 1. The summed E-state index contributed by atoms with van der Waals surface area (Å²) in [7, 11) is 0. The van der Waals surface area contributed by atoms with E-state index in [0.29, 0.717) is 28.5 Å². The van der Waals surface area contributed by atoms with E-state index in [1.807, 2.05) is 30.5 Å². The lowest BCUT2D eigenvalue weighted by atomic mass is 9.86. The van der Waals surface area contributed by atoms with E-state index < -0.39 is 5.91 Å². The highest BCUT2D eigenvalue weighted by molar-refractivity contribution is 8.18. The number of carbonyl (C=O) groups excluding carboxylic acids is 2. The Hall–Kier alpha value is -4.02. The lowest BCUT2D eigenvalue weighted by Crippen LogP contribution is -2.34. The van der Waals surface area contributed by atoms with Gasteiger partial charge in [-0.2, -0.15) is 0 Å². The van der Waals surface area contributed by atoms with Crippen LogP contribution in [0.3, 0.4) is 0 Å². The van der Waals surface area contributed by atoms with Gasteiger partial charge in [0.05, 0.1) is 10.6 Å². The van der Waals surface area contributed by atoms with E-state index in [1.165, 1.54) is 0 Å². The number of carbonyl (C=O) groups is 2. The first-order valence-corrected chi connectivity index (χ1v) is 13.9. The lowest BCUT2D eigenvalue weighted by molar-refractivity contribution is -0.115. The number of furan rings is 1. The number of hydrogen-bond acceptors (Lipinski definition) is 9. The molecule has 10 heteroatoms. The highest BCUT2D eigenvalue weighted by Gasteiger charge is 2.25. The van der Waals surface area contributed by atoms with Crippen LogP contribution in [0.25, 0.3) is 28.5 Å². The van der Waals surface area contributed by atoms with Crippen molar-refractivity contribution in [2.75, 3.05) is 11.9 Å². The van der Waals surface area contributed by atoms with Gasteiger partial charge in [-0.05, 0) is 79.3 Å². The summed E-state index contributed by atoms with van der Waals surface area (Å²) in [4.78, 5) is 36.9. The van der Waals surface area contributed by atoms with Gasteiger partial charge in [-0.1, -0.05) is 24.3 Å². The number of fused-ring (bicyclic) bond motifs is 1. The number of nitrogens with zero attached hydrogens (tertiary/aromatic N) is 3. The van der Waals surface area contributed by atoms with Gasteiger partial charge in [0, 0.05) is 36.9 Å². The molecular weight excluding hydrogens is 512 g/mol. The molecule has 1 saturated carbocycles. The second-order valence-corrected chi connectivity index (χ2v) is 10.8. The van der Waals surface area contributed by atoms with Gasteiger partial charge in [0.1, 0.15) is 11.3 Å². The van der Waals surface area contributed by atoms with E-state index in [0.717, 1.165) is 78.5 Å². The van der Waals surface area contributed by atoms with Gasteiger partial charge in [-0.25, -0.2) is 9.97 Å². The van der Waals surface area contributed by atoms with Crippen LogP contribution in [0.5, 0.6) is 0 Å². The number of imide groups is 1.